The minimum atomic E-state index is -0.126. The van der Waals surface area contributed by atoms with Crippen LogP contribution in [-0.4, -0.2) is 25.4 Å². The summed E-state index contributed by atoms with van der Waals surface area (Å²) in [6.07, 6.45) is 3.27. The van der Waals surface area contributed by atoms with Crippen LogP contribution in [0.2, 0.25) is 0 Å². The molecule has 0 saturated heterocycles. The number of carbonyl (C=O) groups excluding carboxylic acids is 2. The zero-order chi connectivity index (χ0) is 18.9. The van der Waals surface area contributed by atoms with Gasteiger partial charge in [0.1, 0.15) is 0 Å². The van der Waals surface area contributed by atoms with Gasteiger partial charge in [-0.3, -0.25) is 9.59 Å². The van der Waals surface area contributed by atoms with Gasteiger partial charge in [-0.15, -0.1) is 0 Å². The van der Waals surface area contributed by atoms with E-state index in [4.69, 9.17) is 0 Å². The molecule has 2 N–H and O–H groups in total. The predicted molar refractivity (Wildman–Crippen MR) is 106 cm³/mol. The van der Waals surface area contributed by atoms with Crippen molar-refractivity contribution in [3.05, 3.63) is 77.4 Å². The van der Waals surface area contributed by atoms with Crippen molar-refractivity contribution in [3.8, 4) is 0 Å². The van der Waals surface area contributed by atoms with Crippen LogP contribution >= 0.6 is 0 Å². The van der Waals surface area contributed by atoms with Crippen molar-refractivity contribution in [2.45, 2.75) is 19.8 Å². The van der Waals surface area contributed by atoms with Crippen LogP contribution in [0.15, 0.2) is 60.7 Å². The fourth-order valence-electron chi connectivity index (χ4n) is 2.77. The van der Waals surface area contributed by atoms with E-state index in [0.717, 1.165) is 5.56 Å². The van der Waals surface area contributed by atoms with E-state index in [1.165, 1.54) is 11.6 Å². The van der Waals surface area contributed by atoms with E-state index in [1.54, 1.807) is 25.3 Å². The SMILES string of the molecule is CNC(=O)c1ccc(/C=C/C(=O)NCC(c2ccccc2)C(C)C)cc1. The first-order chi connectivity index (χ1) is 12.5. The summed E-state index contributed by atoms with van der Waals surface area (Å²) in [4.78, 5) is 23.7. The van der Waals surface area contributed by atoms with Crippen LogP contribution in [0.3, 0.4) is 0 Å². The fraction of sp³-hybridized carbons (Fsp3) is 0.273. The minimum absolute atomic E-state index is 0.123. The molecule has 0 bridgehead atoms. The van der Waals surface area contributed by atoms with Gasteiger partial charge in [0, 0.05) is 31.1 Å². The molecule has 0 heterocycles. The minimum Gasteiger partial charge on any atom is -0.355 e. The monoisotopic (exact) mass is 350 g/mol. The average molecular weight is 350 g/mol. The van der Waals surface area contributed by atoms with Crippen LogP contribution < -0.4 is 10.6 Å². The number of hydrogen-bond donors (Lipinski definition) is 2. The van der Waals surface area contributed by atoms with E-state index in [2.05, 4.69) is 36.6 Å². The summed E-state index contributed by atoms with van der Waals surface area (Å²) in [5.74, 6) is 0.459. The van der Waals surface area contributed by atoms with Crippen molar-refractivity contribution in [2.75, 3.05) is 13.6 Å². The van der Waals surface area contributed by atoms with Crippen molar-refractivity contribution < 1.29 is 9.59 Å². The van der Waals surface area contributed by atoms with Crippen molar-refractivity contribution in [1.82, 2.24) is 10.6 Å². The molecular formula is C22H26N2O2. The Kier molecular flexibility index (Phi) is 7.15. The van der Waals surface area contributed by atoms with E-state index in [0.29, 0.717) is 18.0 Å². The second kappa shape index (κ2) is 9.56. The van der Waals surface area contributed by atoms with Crippen LogP contribution in [0.4, 0.5) is 0 Å². The Morgan fingerprint density at radius 3 is 2.23 bits per heavy atom. The topological polar surface area (TPSA) is 58.2 Å². The molecule has 136 valence electrons. The van der Waals surface area contributed by atoms with Gasteiger partial charge < -0.3 is 10.6 Å². The zero-order valence-corrected chi connectivity index (χ0v) is 15.5. The molecule has 0 aliphatic carbocycles. The molecule has 0 aromatic heterocycles. The third kappa shape index (κ3) is 5.59. The van der Waals surface area contributed by atoms with Crippen LogP contribution in [0.1, 0.15) is 41.3 Å². The second-order valence-corrected chi connectivity index (χ2v) is 6.54. The first-order valence-corrected chi connectivity index (χ1v) is 8.84. The van der Waals surface area contributed by atoms with Crippen molar-refractivity contribution in [3.63, 3.8) is 0 Å². The largest absolute Gasteiger partial charge is 0.355 e. The van der Waals surface area contributed by atoms with E-state index in [1.807, 2.05) is 30.3 Å². The Labute approximate surface area is 155 Å². The molecular weight excluding hydrogens is 324 g/mol. The standard InChI is InChI=1S/C22H26N2O2/c1-16(2)20(18-7-5-4-6-8-18)15-24-21(25)14-11-17-9-12-19(13-10-17)22(26)23-3/h4-14,16,20H,15H2,1-3H3,(H,23,26)(H,24,25)/b14-11+. The Morgan fingerprint density at radius 1 is 1.00 bits per heavy atom. The number of amides is 2. The summed E-state index contributed by atoms with van der Waals surface area (Å²) in [6, 6.07) is 17.3. The number of nitrogens with one attached hydrogen (secondary N) is 2. The maximum atomic E-state index is 12.1. The molecule has 0 saturated carbocycles. The highest BCUT2D eigenvalue weighted by atomic mass is 16.2. The molecule has 2 aromatic carbocycles. The van der Waals surface area contributed by atoms with Gasteiger partial charge in [-0.1, -0.05) is 56.3 Å². The van der Waals surface area contributed by atoms with E-state index in [9.17, 15) is 9.59 Å². The highest BCUT2D eigenvalue weighted by Crippen LogP contribution is 2.23. The van der Waals surface area contributed by atoms with Gasteiger partial charge in [0.15, 0.2) is 0 Å². The van der Waals surface area contributed by atoms with E-state index >= 15 is 0 Å². The number of hydrogen-bond acceptors (Lipinski definition) is 2. The van der Waals surface area contributed by atoms with Crippen LogP contribution in [0.5, 0.6) is 0 Å². The molecule has 0 fully saturated rings. The summed E-state index contributed by atoms with van der Waals surface area (Å²) in [5, 5.41) is 5.56. The van der Waals surface area contributed by atoms with Gasteiger partial charge >= 0.3 is 0 Å². The third-order valence-electron chi connectivity index (χ3n) is 4.36. The maximum Gasteiger partial charge on any atom is 0.251 e. The van der Waals surface area contributed by atoms with Gasteiger partial charge in [-0.2, -0.15) is 0 Å². The predicted octanol–water partition coefficient (Wildman–Crippen LogP) is 3.62. The highest BCUT2D eigenvalue weighted by molar-refractivity contribution is 5.94. The smallest absolute Gasteiger partial charge is 0.251 e. The maximum absolute atomic E-state index is 12.1. The molecule has 4 nitrogen and oxygen atoms in total. The first-order valence-electron chi connectivity index (χ1n) is 8.84. The zero-order valence-electron chi connectivity index (χ0n) is 15.5. The lowest BCUT2D eigenvalue weighted by Crippen LogP contribution is -2.29. The van der Waals surface area contributed by atoms with Gasteiger partial charge in [0.2, 0.25) is 5.91 Å². The molecule has 0 aliphatic rings. The van der Waals surface area contributed by atoms with Crippen LogP contribution in [0, 0.1) is 5.92 Å². The van der Waals surface area contributed by atoms with Crippen LogP contribution in [0.25, 0.3) is 6.08 Å². The number of benzene rings is 2. The van der Waals surface area contributed by atoms with Crippen molar-refractivity contribution >= 4 is 17.9 Å². The summed E-state index contributed by atoms with van der Waals surface area (Å²) in [5.41, 5.74) is 2.70. The molecule has 4 heteroatoms. The normalized spacial score (nSPS) is 12.2. The molecule has 26 heavy (non-hydrogen) atoms. The Morgan fingerprint density at radius 2 is 1.65 bits per heavy atom. The molecule has 0 radical (unpaired) electrons. The highest BCUT2D eigenvalue weighted by Gasteiger charge is 2.15. The Bertz CT molecular complexity index is 749. The lowest BCUT2D eigenvalue weighted by molar-refractivity contribution is -0.116. The van der Waals surface area contributed by atoms with Gasteiger partial charge in [0.05, 0.1) is 0 Å². The average Bonchev–Trinajstić information content (AvgIpc) is 2.67. The number of carbonyl (C=O) groups is 2. The van der Waals surface area contributed by atoms with E-state index in [-0.39, 0.29) is 17.7 Å². The molecule has 0 aliphatic heterocycles. The molecule has 2 rings (SSSR count). The van der Waals surface area contributed by atoms with E-state index < -0.39 is 0 Å². The molecule has 1 atom stereocenters. The molecule has 1 unspecified atom stereocenters. The van der Waals surface area contributed by atoms with Gasteiger partial charge in [0.25, 0.3) is 5.91 Å². The summed E-state index contributed by atoms with van der Waals surface area (Å²) in [6.45, 7) is 4.92. The lowest BCUT2D eigenvalue weighted by atomic mass is 9.88. The molecule has 2 amide bonds. The van der Waals surface area contributed by atoms with Crippen molar-refractivity contribution in [2.24, 2.45) is 5.92 Å². The summed E-state index contributed by atoms with van der Waals surface area (Å²) >= 11 is 0. The number of rotatable bonds is 7. The third-order valence-corrected chi connectivity index (χ3v) is 4.36. The summed E-state index contributed by atoms with van der Waals surface area (Å²) < 4.78 is 0. The first kappa shape index (κ1) is 19.4. The van der Waals surface area contributed by atoms with Crippen LogP contribution in [-0.2, 0) is 4.79 Å². The lowest BCUT2D eigenvalue weighted by Gasteiger charge is -2.21. The Balaban J connectivity index is 1.93. The fourth-order valence-corrected chi connectivity index (χ4v) is 2.77. The summed E-state index contributed by atoms with van der Waals surface area (Å²) in [7, 11) is 1.60. The Hall–Kier alpha value is -2.88. The van der Waals surface area contributed by atoms with Crippen molar-refractivity contribution in [1.29, 1.82) is 0 Å². The second-order valence-electron chi connectivity index (χ2n) is 6.54. The molecule has 2 aromatic rings. The van der Waals surface area contributed by atoms with Gasteiger partial charge in [-0.25, -0.2) is 0 Å². The van der Waals surface area contributed by atoms with Gasteiger partial charge in [-0.05, 0) is 35.3 Å². The molecule has 0 spiro atoms. The quantitative estimate of drug-likeness (QED) is 0.750.